The normalized spacial score (nSPS) is 34.0. The second kappa shape index (κ2) is 3.34. The SMILES string of the molecule is CC1(C)C(C)(C)C(C)(C)[N+](C)(C)C(C)(C)C1(C)C. The summed E-state index contributed by atoms with van der Waals surface area (Å²) >= 11 is 0. The quantitative estimate of drug-likeness (QED) is 0.549. The molecule has 0 unspecified atom stereocenters. The van der Waals surface area contributed by atoms with E-state index in [-0.39, 0.29) is 27.3 Å². The second-order valence-electron chi connectivity index (χ2n) is 9.45. The highest BCUT2D eigenvalue weighted by atomic mass is 15.4. The Bertz CT molecular complexity index is 237. The first-order valence-electron chi connectivity index (χ1n) is 7.34. The Morgan fingerprint density at radius 2 is 0.667 bits per heavy atom. The molecule has 0 aromatic heterocycles. The average molecular weight is 254 g/mol. The molecule has 108 valence electrons. The molecule has 1 aliphatic heterocycles. The predicted molar refractivity (Wildman–Crippen MR) is 81.6 cm³/mol. The van der Waals surface area contributed by atoms with Crippen molar-refractivity contribution in [2.75, 3.05) is 14.1 Å². The maximum absolute atomic E-state index is 2.47. The molecule has 0 bridgehead atoms. The molecule has 0 atom stereocenters. The van der Waals surface area contributed by atoms with Gasteiger partial charge in [0.2, 0.25) is 0 Å². The summed E-state index contributed by atoms with van der Waals surface area (Å²) in [5.41, 5.74) is 1.27. The Morgan fingerprint density at radius 3 is 0.889 bits per heavy atom. The van der Waals surface area contributed by atoms with E-state index in [1.165, 1.54) is 0 Å². The summed E-state index contributed by atoms with van der Waals surface area (Å²) in [6.45, 7) is 24.6. The number of quaternary nitrogens is 1. The average Bonchev–Trinajstić information content (AvgIpc) is 2.14. The van der Waals surface area contributed by atoms with E-state index in [2.05, 4.69) is 83.3 Å². The van der Waals surface area contributed by atoms with Crippen molar-refractivity contribution < 1.29 is 4.48 Å². The van der Waals surface area contributed by atoms with E-state index in [0.717, 1.165) is 4.48 Å². The molecule has 0 amide bonds. The third-order valence-corrected chi connectivity index (χ3v) is 8.98. The van der Waals surface area contributed by atoms with Gasteiger partial charge in [0.15, 0.2) is 0 Å². The molecule has 0 aliphatic carbocycles. The summed E-state index contributed by atoms with van der Waals surface area (Å²) in [6.07, 6.45) is 0. The van der Waals surface area contributed by atoms with Gasteiger partial charge < -0.3 is 4.48 Å². The van der Waals surface area contributed by atoms with E-state index >= 15 is 0 Å². The molecule has 18 heavy (non-hydrogen) atoms. The zero-order valence-electron chi connectivity index (χ0n) is 14.9. The van der Waals surface area contributed by atoms with Gasteiger partial charge in [-0.15, -0.1) is 0 Å². The van der Waals surface area contributed by atoms with Gasteiger partial charge in [0.25, 0.3) is 0 Å². The third-order valence-electron chi connectivity index (χ3n) is 8.98. The Kier molecular flexibility index (Phi) is 2.97. The molecule has 1 saturated heterocycles. The number of nitrogens with zero attached hydrogens (tertiary/aromatic N) is 1. The highest BCUT2D eigenvalue weighted by Gasteiger charge is 2.73. The van der Waals surface area contributed by atoms with E-state index in [4.69, 9.17) is 0 Å². The van der Waals surface area contributed by atoms with Gasteiger partial charge in [-0.05, 0) is 33.1 Å². The largest absolute Gasteiger partial charge is 0.319 e. The van der Waals surface area contributed by atoms with Crippen LogP contribution in [0.4, 0.5) is 0 Å². The Hall–Kier alpha value is -0.0400. The molecule has 0 radical (unpaired) electrons. The van der Waals surface area contributed by atoms with Crippen LogP contribution in [-0.4, -0.2) is 29.7 Å². The van der Waals surface area contributed by atoms with Crippen molar-refractivity contribution in [3.63, 3.8) is 0 Å². The summed E-state index contributed by atoms with van der Waals surface area (Å²) in [7, 11) is 4.83. The summed E-state index contributed by atoms with van der Waals surface area (Å²) in [5.74, 6) is 0. The van der Waals surface area contributed by atoms with Gasteiger partial charge in [0.05, 0.1) is 25.2 Å². The van der Waals surface area contributed by atoms with Gasteiger partial charge in [-0.1, -0.05) is 41.5 Å². The summed E-state index contributed by atoms with van der Waals surface area (Å²) in [6, 6.07) is 0. The van der Waals surface area contributed by atoms with Gasteiger partial charge in [0.1, 0.15) is 0 Å². The molecule has 0 N–H and O–H groups in total. The first kappa shape index (κ1) is 16.0. The summed E-state index contributed by atoms with van der Waals surface area (Å²) < 4.78 is 1.06. The molecular weight excluding hydrogens is 218 g/mol. The molecule has 1 aliphatic rings. The fourth-order valence-electron chi connectivity index (χ4n) is 4.41. The maximum Gasteiger partial charge on any atom is 0.0992 e. The fourth-order valence-corrected chi connectivity index (χ4v) is 4.41. The number of piperidine rings is 1. The molecule has 1 heterocycles. The highest BCUT2D eigenvalue weighted by molar-refractivity contribution is 5.13. The molecule has 1 rings (SSSR count). The van der Waals surface area contributed by atoms with E-state index in [0.29, 0.717) is 0 Å². The van der Waals surface area contributed by atoms with Crippen LogP contribution in [0.25, 0.3) is 0 Å². The standard InChI is InChI=1S/C17H36N/c1-13(2)14(3,4)16(7,8)18(11,12)17(9,10)15(13,5)6/h1-12H3/q+1. The van der Waals surface area contributed by atoms with Crippen molar-refractivity contribution in [3.05, 3.63) is 0 Å². The minimum absolute atomic E-state index is 0.232. The zero-order chi connectivity index (χ0) is 15.0. The topological polar surface area (TPSA) is 0 Å². The second-order valence-corrected chi connectivity index (χ2v) is 9.45. The summed E-state index contributed by atoms with van der Waals surface area (Å²) in [4.78, 5) is 0. The predicted octanol–water partition coefficient (Wildman–Crippen LogP) is 4.71. The third kappa shape index (κ3) is 1.23. The van der Waals surface area contributed by atoms with Gasteiger partial charge in [0, 0.05) is 10.8 Å². The number of likely N-dealkylation sites (tertiary alicyclic amines) is 1. The van der Waals surface area contributed by atoms with Gasteiger partial charge in [-0.25, -0.2) is 0 Å². The van der Waals surface area contributed by atoms with Crippen molar-refractivity contribution in [2.45, 2.75) is 80.3 Å². The zero-order valence-corrected chi connectivity index (χ0v) is 14.9. The van der Waals surface area contributed by atoms with Crippen LogP contribution < -0.4 is 0 Å². The van der Waals surface area contributed by atoms with Crippen LogP contribution in [0.5, 0.6) is 0 Å². The Balaban J connectivity index is 3.72. The molecule has 1 nitrogen and oxygen atoms in total. The van der Waals surface area contributed by atoms with Gasteiger partial charge in [-0.3, -0.25) is 0 Å². The van der Waals surface area contributed by atoms with Crippen molar-refractivity contribution in [2.24, 2.45) is 16.2 Å². The van der Waals surface area contributed by atoms with Crippen LogP contribution in [0, 0.1) is 16.2 Å². The molecule has 0 aromatic carbocycles. The van der Waals surface area contributed by atoms with Crippen LogP contribution in [-0.2, 0) is 0 Å². The number of hydrogen-bond donors (Lipinski definition) is 0. The lowest BCUT2D eigenvalue weighted by atomic mass is 9.40. The monoisotopic (exact) mass is 254 g/mol. The van der Waals surface area contributed by atoms with Crippen LogP contribution in [0.15, 0.2) is 0 Å². The van der Waals surface area contributed by atoms with Crippen molar-refractivity contribution >= 4 is 0 Å². The lowest BCUT2D eigenvalue weighted by Gasteiger charge is -2.75. The van der Waals surface area contributed by atoms with Crippen LogP contribution >= 0.6 is 0 Å². The van der Waals surface area contributed by atoms with Crippen LogP contribution in [0.1, 0.15) is 69.2 Å². The minimum atomic E-state index is 0.232. The van der Waals surface area contributed by atoms with Crippen molar-refractivity contribution in [3.8, 4) is 0 Å². The number of rotatable bonds is 0. The molecule has 0 aromatic rings. The van der Waals surface area contributed by atoms with Crippen LogP contribution in [0.3, 0.4) is 0 Å². The Morgan fingerprint density at radius 1 is 0.444 bits per heavy atom. The Labute approximate surface area is 116 Å². The maximum atomic E-state index is 2.47. The van der Waals surface area contributed by atoms with Gasteiger partial charge in [-0.2, -0.15) is 0 Å². The molecule has 0 spiro atoms. The molecule has 0 saturated carbocycles. The van der Waals surface area contributed by atoms with Crippen molar-refractivity contribution in [1.82, 2.24) is 0 Å². The number of hydrogen-bond acceptors (Lipinski definition) is 0. The first-order chi connectivity index (χ1) is 7.50. The minimum Gasteiger partial charge on any atom is -0.319 e. The van der Waals surface area contributed by atoms with Gasteiger partial charge >= 0.3 is 0 Å². The van der Waals surface area contributed by atoms with Crippen molar-refractivity contribution in [1.29, 1.82) is 0 Å². The fraction of sp³-hybridized carbons (Fsp3) is 1.00. The lowest BCUT2D eigenvalue weighted by Crippen LogP contribution is -2.83. The lowest BCUT2D eigenvalue weighted by molar-refractivity contribution is -1.01. The van der Waals surface area contributed by atoms with E-state index in [9.17, 15) is 0 Å². The smallest absolute Gasteiger partial charge is 0.0992 e. The summed E-state index contributed by atoms with van der Waals surface area (Å²) in [5, 5.41) is 0. The molecule has 1 heteroatoms. The van der Waals surface area contributed by atoms with E-state index in [1.807, 2.05) is 0 Å². The highest BCUT2D eigenvalue weighted by Crippen LogP contribution is 2.68. The molecule has 1 fully saturated rings. The van der Waals surface area contributed by atoms with E-state index in [1.54, 1.807) is 0 Å². The van der Waals surface area contributed by atoms with Crippen LogP contribution in [0.2, 0.25) is 0 Å². The molecular formula is C17H36N+. The first-order valence-corrected chi connectivity index (χ1v) is 7.34. The van der Waals surface area contributed by atoms with E-state index < -0.39 is 0 Å².